The van der Waals surface area contributed by atoms with Crippen LogP contribution in [0.4, 0.5) is 0 Å². The zero-order chi connectivity index (χ0) is 22.5. The lowest BCUT2D eigenvalue weighted by Crippen LogP contribution is -2.43. The van der Waals surface area contributed by atoms with Crippen molar-refractivity contribution in [1.29, 1.82) is 0 Å². The summed E-state index contributed by atoms with van der Waals surface area (Å²) in [4.78, 5) is 27.5. The van der Waals surface area contributed by atoms with Crippen molar-refractivity contribution in [2.45, 2.75) is 45.1 Å². The van der Waals surface area contributed by atoms with E-state index in [9.17, 15) is 9.59 Å². The number of hydrogen-bond donors (Lipinski definition) is 1. The number of hydrogen-bond acceptors (Lipinski definition) is 3. The van der Waals surface area contributed by atoms with Crippen LogP contribution in [0.2, 0.25) is 0 Å². The molecule has 5 heteroatoms. The minimum absolute atomic E-state index is 0.0491. The van der Waals surface area contributed by atoms with Crippen molar-refractivity contribution in [2.24, 2.45) is 5.92 Å². The number of carbonyl (C=O) groups is 2. The van der Waals surface area contributed by atoms with Crippen LogP contribution in [0.15, 0.2) is 55.1 Å². The van der Waals surface area contributed by atoms with Crippen LogP contribution < -0.4 is 10.1 Å². The zero-order valence-corrected chi connectivity index (χ0v) is 18.8. The summed E-state index contributed by atoms with van der Waals surface area (Å²) < 4.78 is 5.78. The predicted octanol–water partition coefficient (Wildman–Crippen LogP) is 4.34. The van der Waals surface area contributed by atoms with Gasteiger partial charge in [0.15, 0.2) is 6.61 Å². The van der Waals surface area contributed by atoms with Gasteiger partial charge in [-0.3, -0.25) is 9.59 Å². The molecule has 1 aliphatic heterocycles. The Bertz CT molecular complexity index is 977. The Morgan fingerprint density at radius 3 is 2.62 bits per heavy atom. The summed E-state index contributed by atoms with van der Waals surface area (Å²) in [6.07, 6.45) is 6.73. The largest absolute Gasteiger partial charge is 0.484 e. The molecule has 1 atom stereocenters. The maximum absolute atomic E-state index is 13.5. The summed E-state index contributed by atoms with van der Waals surface area (Å²) in [5.74, 6) is 0.867. The van der Waals surface area contributed by atoms with E-state index in [2.05, 4.69) is 54.1 Å². The van der Waals surface area contributed by atoms with Crippen LogP contribution >= 0.6 is 0 Å². The topological polar surface area (TPSA) is 58.6 Å². The Kier molecular flexibility index (Phi) is 6.93. The number of benzene rings is 2. The van der Waals surface area contributed by atoms with E-state index >= 15 is 0 Å². The molecule has 168 valence electrons. The average Bonchev–Trinajstić information content (AvgIpc) is 3.36. The highest BCUT2D eigenvalue weighted by atomic mass is 16.5. The summed E-state index contributed by atoms with van der Waals surface area (Å²) >= 11 is 0. The molecule has 4 rings (SSSR count). The van der Waals surface area contributed by atoms with Crippen LogP contribution in [-0.2, 0) is 16.0 Å². The van der Waals surface area contributed by atoms with E-state index in [0.717, 1.165) is 49.8 Å². The van der Waals surface area contributed by atoms with Gasteiger partial charge in [0.25, 0.3) is 5.91 Å². The van der Waals surface area contributed by atoms with Gasteiger partial charge in [-0.05, 0) is 55.0 Å². The molecule has 0 bridgehead atoms. The summed E-state index contributed by atoms with van der Waals surface area (Å²) in [6, 6.07) is 14.3. The number of nitrogens with zero attached hydrogens (tertiary/aromatic N) is 1. The highest BCUT2D eigenvalue weighted by Gasteiger charge is 2.36. The maximum atomic E-state index is 13.5. The minimum atomic E-state index is -0.184. The Labute approximate surface area is 190 Å². The molecule has 1 saturated carbocycles. The van der Waals surface area contributed by atoms with Crippen LogP contribution in [0.1, 0.15) is 54.0 Å². The molecule has 2 aliphatic rings. The molecule has 2 amide bonds. The Morgan fingerprint density at radius 2 is 1.91 bits per heavy atom. The Hall–Kier alpha value is -3.08. The van der Waals surface area contributed by atoms with E-state index in [0.29, 0.717) is 12.3 Å². The van der Waals surface area contributed by atoms with Gasteiger partial charge < -0.3 is 15.0 Å². The lowest BCUT2D eigenvalue weighted by molar-refractivity contribution is -0.137. The molecule has 1 heterocycles. The normalized spacial score (nSPS) is 18.2. The first-order valence-corrected chi connectivity index (χ1v) is 11.6. The monoisotopic (exact) mass is 432 g/mol. The van der Waals surface area contributed by atoms with Crippen molar-refractivity contribution < 1.29 is 14.3 Å². The number of carbonyl (C=O) groups excluding carboxylic acids is 2. The Balaban J connectivity index is 1.63. The lowest BCUT2D eigenvalue weighted by atomic mass is 9.86. The first-order valence-electron chi connectivity index (χ1n) is 11.6. The van der Waals surface area contributed by atoms with Gasteiger partial charge in [-0.1, -0.05) is 54.8 Å². The smallest absolute Gasteiger partial charge is 0.258 e. The molecule has 2 aromatic rings. The summed E-state index contributed by atoms with van der Waals surface area (Å²) in [5, 5.41) is 2.72. The first kappa shape index (κ1) is 22.1. The molecule has 0 aromatic heterocycles. The third kappa shape index (κ3) is 4.87. The summed E-state index contributed by atoms with van der Waals surface area (Å²) in [5.41, 5.74) is 4.63. The molecule has 0 saturated heterocycles. The van der Waals surface area contributed by atoms with Crippen LogP contribution in [-0.4, -0.2) is 36.4 Å². The molecule has 0 radical (unpaired) electrons. The third-order valence-corrected chi connectivity index (χ3v) is 6.54. The van der Waals surface area contributed by atoms with Gasteiger partial charge >= 0.3 is 0 Å². The van der Waals surface area contributed by atoms with Gasteiger partial charge in [0, 0.05) is 19.0 Å². The SMILES string of the molecule is C=CCNC(=O)COc1ccc2c(c1)C(c1ccc(C)cc1)N(C(=O)C1CCCC1)CC2. The quantitative estimate of drug-likeness (QED) is 0.662. The fraction of sp³-hybridized carbons (Fsp3) is 0.407. The molecular weight excluding hydrogens is 400 g/mol. The molecule has 5 nitrogen and oxygen atoms in total. The highest BCUT2D eigenvalue weighted by molar-refractivity contribution is 5.80. The van der Waals surface area contributed by atoms with Crippen molar-refractivity contribution >= 4 is 11.8 Å². The first-order chi connectivity index (χ1) is 15.6. The third-order valence-electron chi connectivity index (χ3n) is 6.54. The second-order valence-corrected chi connectivity index (χ2v) is 8.82. The summed E-state index contributed by atoms with van der Waals surface area (Å²) in [6.45, 7) is 6.77. The molecule has 1 N–H and O–H groups in total. The van der Waals surface area contributed by atoms with Crippen molar-refractivity contribution in [3.05, 3.63) is 77.4 Å². The fourth-order valence-electron chi connectivity index (χ4n) is 4.82. The van der Waals surface area contributed by atoms with Crippen LogP contribution in [0.25, 0.3) is 0 Å². The number of ether oxygens (including phenoxy) is 1. The van der Waals surface area contributed by atoms with Gasteiger partial charge in [-0.2, -0.15) is 0 Å². The van der Waals surface area contributed by atoms with Crippen molar-refractivity contribution in [3.63, 3.8) is 0 Å². The fourth-order valence-corrected chi connectivity index (χ4v) is 4.82. The molecule has 0 spiro atoms. The molecule has 1 fully saturated rings. The lowest BCUT2D eigenvalue weighted by Gasteiger charge is -2.39. The standard InChI is InChI=1S/C27H32N2O3/c1-3-15-28-25(30)18-32-23-13-12-20-14-16-29(27(31)22-6-4-5-7-22)26(24(20)17-23)21-10-8-19(2)9-11-21/h3,8-13,17,22,26H,1,4-7,14-16,18H2,2H3,(H,28,30). The maximum Gasteiger partial charge on any atom is 0.258 e. The number of rotatable bonds is 7. The minimum Gasteiger partial charge on any atom is -0.484 e. The van der Waals surface area contributed by atoms with Crippen LogP contribution in [0, 0.1) is 12.8 Å². The van der Waals surface area contributed by atoms with Gasteiger partial charge in [-0.15, -0.1) is 6.58 Å². The summed E-state index contributed by atoms with van der Waals surface area (Å²) in [7, 11) is 0. The van der Waals surface area contributed by atoms with Crippen molar-refractivity contribution in [1.82, 2.24) is 10.2 Å². The van der Waals surface area contributed by atoms with E-state index < -0.39 is 0 Å². The van der Waals surface area contributed by atoms with Crippen molar-refractivity contribution in [2.75, 3.05) is 19.7 Å². The van der Waals surface area contributed by atoms with Gasteiger partial charge in [0.05, 0.1) is 6.04 Å². The molecule has 32 heavy (non-hydrogen) atoms. The second-order valence-electron chi connectivity index (χ2n) is 8.82. The van der Waals surface area contributed by atoms with E-state index in [4.69, 9.17) is 4.74 Å². The molecule has 2 aromatic carbocycles. The molecule has 1 unspecified atom stereocenters. The zero-order valence-electron chi connectivity index (χ0n) is 18.8. The van der Waals surface area contributed by atoms with E-state index in [1.807, 2.05) is 12.1 Å². The average molecular weight is 433 g/mol. The number of amides is 2. The van der Waals surface area contributed by atoms with Crippen LogP contribution in [0.3, 0.4) is 0 Å². The van der Waals surface area contributed by atoms with Crippen molar-refractivity contribution in [3.8, 4) is 5.75 Å². The van der Waals surface area contributed by atoms with Crippen LogP contribution in [0.5, 0.6) is 5.75 Å². The Morgan fingerprint density at radius 1 is 1.16 bits per heavy atom. The number of fused-ring (bicyclic) bond motifs is 1. The van der Waals surface area contributed by atoms with E-state index in [1.54, 1.807) is 6.08 Å². The van der Waals surface area contributed by atoms with E-state index in [1.165, 1.54) is 11.1 Å². The number of aryl methyl sites for hydroxylation is 1. The molecule has 1 aliphatic carbocycles. The van der Waals surface area contributed by atoms with E-state index in [-0.39, 0.29) is 30.4 Å². The van der Waals surface area contributed by atoms with Gasteiger partial charge in [0.1, 0.15) is 5.75 Å². The number of nitrogens with one attached hydrogen (secondary N) is 1. The second kappa shape index (κ2) is 10.0. The predicted molar refractivity (Wildman–Crippen MR) is 126 cm³/mol. The van der Waals surface area contributed by atoms with Gasteiger partial charge in [-0.25, -0.2) is 0 Å². The highest BCUT2D eigenvalue weighted by Crippen LogP contribution is 2.39. The van der Waals surface area contributed by atoms with Gasteiger partial charge in [0.2, 0.25) is 5.91 Å². The molecular formula is C27H32N2O3.